The van der Waals surface area contributed by atoms with Gasteiger partial charge in [0.05, 0.1) is 12.8 Å². The maximum atomic E-state index is 12.8. The average molecular weight is 356 g/mol. The van der Waals surface area contributed by atoms with Crippen LogP contribution in [0, 0.1) is 11.8 Å². The van der Waals surface area contributed by atoms with Gasteiger partial charge in [0.25, 0.3) is 0 Å². The molecule has 140 valence electrons. The molecular formula is C20H28N4O2. The average Bonchev–Trinajstić information content (AvgIpc) is 2.96. The highest BCUT2D eigenvalue weighted by Gasteiger charge is 2.27. The first-order valence-electron chi connectivity index (χ1n) is 9.42. The maximum absolute atomic E-state index is 12.8. The van der Waals surface area contributed by atoms with Gasteiger partial charge in [-0.25, -0.2) is 0 Å². The first-order chi connectivity index (χ1) is 12.7. The first-order valence-corrected chi connectivity index (χ1v) is 9.42. The summed E-state index contributed by atoms with van der Waals surface area (Å²) in [6.07, 6.45) is 4.15. The second-order valence-electron chi connectivity index (χ2n) is 6.84. The summed E-state index contributed by atoms with van der Waals surface area (Å²) in [7, 11) is 1.64. The lowest BCUT2D eigenvalue weighted by atomic mass is 9.84. The molecule has 0 radical (unpaired) electrons. The van der Waals surface area contributed by atoms with Gasteiger partial charge in [-0.3, -0.25) is 9.89 Å². The molecular weight excluding hydrogens is 328 g/mol. The van der Waals surface area contributed by atoms with E-state index in [-0.39, 0.29) is 11.8 Å². The van der Waals surface area contributed by atoms with Crippen molar-refractivity contribution in [2.75, 3.05) is 25.5 Å². The fourth-order valence-electron chi connectivity index (χ4n) is 3.72. The highest BCUT2D eigenvalue weighted by atomic mass is 16.5. The van der Waals surface area contributed by atoms with Gasteiger partial charge in [-0.1, -0.05) is 19.1 Å². The van der Waals surface area contributed by atoms with Crippen molar-refractivity contribution < 1.29 is 9.53 Å². The highest BCUT2D eigenvalue weighted by molar-refractivity contribution is 5.92. The van der Waals surface area contributed by atoms with E-state index in [0.717, 1.165) is 55.8 Å². The Labute approximate surface area is 154 Å². The lowest BCUT2D eigenvalue weighted by molar-refractivity contribution is -0.121. The third-order valence-corrected chi connectivity index (χ3v) is 5.18. The predicted octanol–water partition coefficient (Wildman–Crippen LogP) is 3.44. The molecule has 1 aromatic heterocycles. The van der Waals surface area contributed by atoms with Gasteiger partial charge in [0, 0.05) is 17.5 Å². The number of nitrogens with zero attached hydrogens (tertiary/aromatic N) is 1. The van der Waals surface area contributed by atoms with Gasteiger partial charge in [0.15, 0.2) is 5.82 Å². The zero-order valence-corrected chi connectivity index (χ0v) is 15.5. The largest absolute Gasteiger partial charge is 0.497 e. The van der Waals surface area contributed by atoms with E-state index >= 15 is 0 Å². The molecule has 2 atom stereocenters. The van der Waals surface area contributed by atoms with Crippen molar-refractivity contribution in [3.63, 3.8) is 0 Å². The number of carbonyl (C=O) groups is 1. The van der Waals surface area contributed by atoms with Gasteiger partial charge in [0.1, 0.15) is 5.75 Å². The van der Waals surface area contributed by atoms with Crippen LogP contribution in [0.15, 0.2) is 30.3 Å². The van der Waals surface area contributed by atoms with E-state index < -0.39 is 0 Å². The van der Waals surface area contributed by atoms with Gasteiger partial charge < -0.3 is 15.4 Å². The summed E-state index contributed by atoms with van der Waals surface area (Å²) in [5.41, 5.74) is 1.82. The third-order valence-electron chi connectivity index (χ3n) is 5.18. The smallest absolute Gasteiger partial charge is 0.228 e. The number of H-pyrrole nitrogens is 1. The summed E-state index contributed by atoms with van der Waals surface area (Å²) in [4.78, 5) is 12.8. The zero-order valence-electron chi connectivity index (χ0n) is 15.5. The predicted molar refractivity (Wildman–Crippen MR) is 103 cm³/mol. The van der Waals surface area contributed by atoms with Crippen molar-refractivity contribution in [1.29, 1.82) is 0 Å². The van der Waals surface area contributed by atoms with Crippen molar-refractivity contribution in [2.24, 2.45) is 11.8 Å². The molecule has 0 bridgehead atoms. The number of aromatic nitrogens is 2. The Bertz CT molecular complexity index is 720. The van der Waals surface area contributed by atoms with Gasteiger partial charge in [-0.05, 0) is 56.8 Å². The van der Waals surface area contributed by atoms with Crippen molar-refractivity contribution in [2.45, 2.75) is 32.6 Å². The van der Waals surface area contributed by atoms with Crippen LogP contribution in [0.3, 0.4) is 0 Å². The highest BCUT2D eigenvalue weighted by Crippen LogP contribution is 2.28. The van der Waals surface area contributed by atoms with Crippen LogP contribution >= 0.6 is 0 Å². The van der Waals surface area contributed by atoms with Crippen molar-refractivity contribution in [3.05, 3.63) is 30.3 Å². The molecule has 1 aliphatic heterocycles. The van der Waals surface area contributed by atoms with Crippen LogP contribution < -0.4 is 15.4 Å². The van der Waals surface area contributed by atoms with E-state index in [2.05, 4.69) is 27.8 Å². The van der Waals surface area contributed by atoms with E-state index in [0.29, 0.717) is 11.7 Å². The molecule has 3 N–H and O–H groups in total. The Morgan fingerprint density at radius 2 is 2.23 bits per heavy atom. The molecule has 1 fully saturated rings. The molecule has 1 amide bonds. The summed E-state index contributed by atoms with van der Waals surface area (Å²) in [5, 5.41) is 13.7. The quantitative estimate of drug-likeness (QED) is 0.741. The SMILES string of the molecule is CCC(C(=O)Nc1cc(-c2cccc(OC)c2)[nH]n1)C1CCCNCC1. The van der Waals surface area contributed by atoms with Crippen molar-refractivity contribution in [1.82, 2.24) is 15.5 Å². The number of aromatic amines is 1. The molecule has 0 saturated carbocycles. The van der Waals surface area contributed by atoms with Crippen molar-refractivity contribution >= 4 is 11.7 Å². The van der Waals surface area contributed by atoms with Crippen LogP contribution in [0.4, 0.5) is 5.82 Å². The summed E-state index contributed by atoms with van der Waals surface area (Å²) < 4.78 is 5.26. The molecule has 1 aliphatic rings. The minimum Gasteiger partial charge on any atom is -0.497 e. The van der Waals surface area contributed by atoms with Crippen LogP contribution in [0.2, 0.25) is 0 Å². The number of carbonyl (C=O) groups excluding carboxylic acids is 1. The maximum Gasteiger partial charge on any atom is 0.228 e. The van der Waals surface area contributed by atoms with E-state index in [1.165, 1.54) is 0 Å². The molecule has 2 unspecified atom stereocenters. The minimum atomic E-state index is 0.0341. The lowest BCUT2D eigenvalue weighted by Crippen LogP contribution is -2.29. The number of amides is 1. The number of rotatable bonds is 6. The molecule has 0 spiro atoms. The van der Waals surface area contributed by atoms with Gasteiger partial charge in [-0.2, -0.15) is 5.10 Å². The molecule has 6 heteroatoms. The number of ether oxygens (including phenoxy) is 1. The Balaban J connectivity index is 1.68. The number of methoxy groups -OCH3 is 1. The molecule has 26 heavy (non-hydrogen) atoms. The van der Waals surface area contributed by atoms with E-state index in [9.17, 15) is 4.79 Å². The first kappa shape index (κ1) is 18.5. The summed E-state index contributed by atoms with van der Waals surface area (Å²) in [5.74, 6) is 1.90. The Morgan fingerprint density at radius 3 is 3.04 bits per heavy atom. The van der Waals surface area contributed by atoms with Crippen LogP contribution in [0.1, 0.15) is 32.6 Å². The van der Waals surface area contributed by atoms with E-state index in [4.69, 9.17) is 4.74 Å². The molecule has 1 saturated heterocycles. The second kappa shape index (κ2) is 8.85. The Kier molecular flexibility index (Phi) is 6.28. The fourth-order valence-corrected chi connectivity index (χ4v) is 3.72. The zero-order chi connectivity index (χ0) is 18.4. The van der Waals surface area contributed by atoms with Crippen LogP contribution in [0.25, 0.3) is 11.3 Å². The number of hydrogen-bond donors (Lipinski definition) is 3. The van der Waals surface area contributed by atoms with E-state index in [1.54, 1.807) is 7.11 Å². The summed E-state index contributed by atoms with van der Waals surface area (Å²) in [6.45, 7) is 4.14. The summed E-state index contributed by atoms with van der Waals surface area (Å²) >= 11 is 0. The second-order valence-corrected chi connectivity index (χ2v) is 6.84. The number of hydrogen-bond acceptors (Lipinski definition) is 4. The Morgan fingerprint density at radius 1 is 1.35 bits per heavy atom. The standard InChI is InChI=1S/C20H28N4O2/c1-3-17(14-7-5-10-21-11-9-14)20(25)22-19-13-18(23-24-19)15-6-4-8-16(12-15)26-2/h4,6,8,12-14,17,21H,3,5,7,9-11H2,1-2H3,(H2,22,23,24,25). The van der Waals surface area contributed by atoms with Crippen LogP contribution in [-0.4, -0.2) is 36.3 Å². The number of nitrogens with one attached hydrogen (secondary N) is 3. The van der Waals surface area contributed by atoms with Crippen LogP contribution in [0.5, 0.6) is 5.75 Å². The fraction of sp³-hybridized carbons (Fsp3) is 0.500. The third kappa shape index (κ3) is 4.43. The topological polar surface area (TPSA) is 79.0 Å². The number of anilines is 1. The molecule has 6 nitrogen and oxygen atoms in total. The van der Waals surface area contributed by atoms with E-state index in [1.807, 2.05) is 30.3 Å². The molecule has 0 aliphatic carbocycles. The van der Waals surface area contributed by atoms with Crippen molar-refractivity contribution in [3.8, 4) is 17.0 Å². The van der Waals surface area contributed by atoms with Gasteiger partial charge in [0.2, 0.25) is 5.91 Å². The van der Waals surface area contributed by atoms with Gasteiger partial charge in [-0.15, -0.1) is 0 Å². The lowest BCUT2D eigenvalue weighted by Gasteiger charge is -2.23. The Hall–Kier alpha value is -2.34. The molecule has 2 aromatic rings. The molecule has 3 rings (SSSR count). The normalized spacial score (nSPS) is 18.8. The van der Waals surface area contributed by atoms with Gasteiger partial charge >= 0.3 is 0 Å². The monoisotopic (exact) mass is 356 g/mol. The molecule has 2 heterocycles. The van der Waals surface area contributed by atoms with Crippen LogP contribution in [-0.2, 0) is 4.79 Å². The minimum absolute atomic E-state index is 0.0341. The summed E-state index contributed by atoms with van der Waals surface area (Å²) in [6, 6.07) is 9.62. The number of benzene rings is 1. The molecule has 1 aromatic carbocycles.